The third-order valence-corrected chi connectivity index (χ3v) is 16.6. The molecule has 2 amide bonds. The van der Waals surface area contributed by atoms with Gasteiger partial charge in [0.25, 0.3) is 6.47 Å². The van der Waals surface area contributed by atoms with Crippen LogP contribution in [0.25, 0.3) is 33.4 Å². The van der Waals surface area contributed by atoms with Gasteiger partial charge in [0.2, 0.25) is 0 Å². The van der Waals surface area contributed by atoms with Crippen molar-refractivity contribution in [1.29, 1.82) is 0 Å². The Kier molecular flexibility index (Phi) is 32.8. The third-order valence-electron chi connectivity index (χ3n) is 15.5. The van der Waals surface area contributed by atoms with Crippen LogP contribution < -0.4 is 45.4 Å². The first kappa shape index (κ1) is 77.1. The summed E-state index contributed by atoms with van der Waals surface area (Å²) in [5, 5.41) is 40.9. The van der Waals surface area contributed by atoms with Crippen LogP contribution in [0.4, 0.5) is 14.4 Å². The van der Waals surface area contributed by atoms with Gasteiger partial charge in [-0.25, -0.2) is 24.0 Å². The second kappa shape index (κ2) is 41.2. The van der Waals surface area contributed by atoms with Crippen LogP contribution in [0.2, 0.25) is 0 Å². The summed E-state index contributed by atoms with van der Waals surface area (Å²) in [5.41, 5.74) is 16.9. The topological polar surface area (TPSA) is 266 Å². The number of carbonyl (C=O) groups is 6. The number of alkyl halides is 1. The van der Waals surface area contributed by atoms with E-state index in [9.17, 15) is 29.1 Å². The molecule has 0 spiro atoms. The van der Waals surface area contributed by atoms with Crippen molar-refractivity contribution in [3.05, 3.63) is 287 Å². The number of carbonyl (C=O) groups excluding carboxylic acids is 5. The number of aliphatic hydroxyl groups is 2. The molecular weight excluding hydrogens is 1330 g/mol. The molecule has 2 unspecified atom stereocenters. The molecule has 0 fully saturated rings. The molecule has 0 aliphatic heterocycles. The Bertz CT molecular complexity index is 3810. The molecule has 498 valence electrons. The van der Waals surface area contributed by atoms with Gasteiger partial charge in [-0.05, 0) is 83.5 Å². The Labute approximate surface area is 598 Å². The number of esters is 1. The fourth-order valence-corrected chi connectivity index (χ4v) is 11.8. The summed E-state index contributed by atoms with van der Waals surface area (Å²) in [6.45, 7) is 0.254. The minimum Gasteiger partial charge on any atom is -0.662 e. The van der Waals surface area contributed by atoms with Crippen molar-refractivity contribution in [2.45, 2.75) is 68.6 Å². The summed E-state index contributed by atoms with van der Waals surface area (Å²) in [7, 11) is 0. The number of halogens is 1. The number of fused-ring (bicyclic) bond motifs is 9. The van der Waals surface area contributed by atoms with Gasteiger partial charge < -0.3 is 59.2 Å². The predicted molar refractivity (Wildman–Crippen MR) is 368 cm³/mol. The Balaban J connectivity index is 0.000000210. The number of hydrogen-bond donors (Lipinski definition) is 5. The second-order valence-electron chi connectivity index (χ2n) is 21.4. The van der Waals surface area contributed by atoms with Gasteiger partial charge in [-0.15, -0.1) is 0 Å². The summed E-state index contributed by atoms with van der Waals surface area (Å²) < 4.78 is 26.9. The Morgan fingerprint density at radius 2 is 0.753 bits per heavy atom. The average Bonchev–Trinajstić information content (AvgIpc) is 1.64. The number of alkyl carbamates (subject to hydrolysis) is 2. The molecule has 0 heterocycles. The molecule has 9 aromatic rings. The normalized spacial score (nSPS) is 12.1. The maximum Gasteiger partial charge on any atom is 1.00 e. The number of ether oxygens (including phenoxy) is 4. The average molecular weight is 1410 g/mol. The van der Waals surface area contributed by atoms with Crippen molar-refractivity contribution in [3.8, 4) is 33.4 Å². The van der Waals surface area contributed by atoms with Crippen molar-refractivity contribution in [3.63, 3.8) is 0 Å². The van der Waals surface area contributed by atoms with Crippen molar-refractivity contribution < 1.29 is 107 Å². The van der Waals surface area contributed by atoms with Crippen LogP contribution in [0, 0.1) is 0 Å². The molecule has 0 bridgehead atoms. The summed E-state index contributed by atoms with van der Waals surface area (Å²) >= 11 is 4.11. The zero-order chi connectivity index (χ0) is 67.2. The van der Waals surface area contributed by atoms with E-state index < -0.39 is 41.5 Å². The van der Waals surface area contributed by atoms with Crippen LogP contribution in [0.15, 0.2) is 237 Å². The number of carboxylic acid groups (broad SMARTS) is 1. The number of rotatable bonds is 21. The van der Waals surface area contributed by atoms with Crippen LogP contribution in [0.1, 0.15) is 88.1 Å². The fraction of sp³-hybridized carbons (Fsp3) is 0.211. The molecule has 3 aliphatic carbocycles. The molecule has 9 aromatic carbocycles. The molecule has 0 saturated heterocycles. The van der Waals surface area contributed by atoms with Gasteiger partial charge in [-0.2, -0.15) is 0 Å². The van der Waals surface area contributed by atoms with E-state index in [0.717, 1.165) is 73.0 Å². The number of aliphatic hydroxyl groups excluding tert-OH is 2. The van der Waals surface area contributed by atoms with E-state index in [0.29, 0.717) is 13.2 Å². The Hall–Kier alpha value is -8.93. The van der Waals surface area contributed by atoms with E-state index in [1.54, 1.807) is 0 Å². The minimum atomic E-state index is -1.21. The monoisotopic (exact) mass is 1400 g/mol. The van der Waals surface area contributed by atoms with Gasteiger partial charge in [-0.3, -0.25) is 4.79 Å². The largest absolute Gasteiger partial charge is 1.00 e. The number of carboxylic acids is 1. The van der Waals surface area contributed by atoms with Crippen molar-refractivity contribution in [2.75, 3.05) is 33.0 Å². The fourth-order valence-electron chi connectivity index (χ4n) is 11.1. The van der Waals surface area contributed by atoms with Crippen LogP contribution in [-0.2, 0) is 60.9 Å². The van der Waals surface area contributed by atoms with E-state index in [1.165, 1.54) is 27.8 Å². The summed E-state index contributed by atoms with van der Waals surface area (Å²) in [6.07, 6.45) is -1.55. The number of benzene rings is 9. The molecule has 12 rings (SSSR count). The van der Waals surface area contributed by atoms with Gasteiger partial charge in [0.1, 0.15) is 50.6 Å². The van der Waals surface area contributed by atoms with Crippen molar-refractivity contribution in [1.82, 2.24) is 10.6 Å². The molecule has 97 heavy (non-hydrogen) atoms. The van der Waals surface area contributed by atoms with E-state index in [-0.39, 0.29) is 107 Å². The first-order valence-corrected chi connectivity index (χ1v) is 32.2. The molecule has 3 aliphatic rings. The van der Waals surface area contributed by atoms with Gasteiger partial charge in [0, 0.05) is 49.1 Å². The van der Waals surface area contributed by atoms with Crippen molar-refractivity contribution >= 4 is 63.9 Å². The van der Waals surface area contributed by atoms with Crippen LogP contribution >= 0.6 is 28.0 Å². The third kappa shape index (κ3) is 22.3. The van der Waals surface area contributed by atoms with Gasteiger partial charge in [0.05, 0.1) is 6.61 Å². The minimum absolute atomic E-state index is 0. The number of nitrogens with one attached hydrogen (secondary N) is 2. The summed E-state index contributed by atoms with van der Waals surface area (Å²) in [5.74, 6) is -1.91. The molecule has 0 saturated carbocycles. The molecule has 5 N–H and O–H groups in total. The van der Waals surface area contributed by atoms with Gasteiger partial charge >= 0.3 is 59.0 Å². The van der Waals surface area contributed by atoms with Crippen LogP contribution in [0.3, 0.4) is 0 Å². The van der Waals surface area contributed by atoms with Crippen LogP contribution in [-0.4, -0.2) is 96.3 Å². The van der Waals surface area contributed by atoms with E-state index in [2.05, 4.69) is 80.0 Å². The zero-order valence-electron chi connectivity index (χ0n) is 52.5. The zero-order valence-corrected chi connectivity index (χ0v) is 56.9. The maximum absolute atomic E-state index is 12.5. The molecule has 21 heteroatoms. The standard InChI is InChI=1S/C26H25NO5.C22H18O3S.C19H19NO5.C7H7Br.CH2O3.CH4.Na/c28-15-14-24(25(29)31-16-18-8-2-1-3-9-18)27-26(30)32-17-23-21-12-6-4-10-19(21)20-11-5-7-13-22(20)23;23-22(26-25-14-16-8-2-1-3-9-16)24-15-21-19-12-6-4-10-17(19)18-11-5-7-13-20(18)21;21-10-9-17(18(22)23)20-19(24)25-11-16-14-7-3-1-5-12(14)13-6-2-4-8-15(13)16;8-6-7-4-2-1-3-5-7;2-1-4-3;;/h1-13,23-24,28H,14-17H2,(H,27,30);1-13,21H,14-15H2;1-8,16-17,21H,9-11H2,(H,20,24)(H,22,23);1-5H,6H2;1,3H;1H4;/q;;;;;;+1/p-1. The Morgan fingerprint density at radius 1 is 0.454 bits per heavy atom. The molecule has 2 atom stereocenters. The Morgan fingerprint density at radius 3 is 1.07 bits per heavy atom. The van der Waals surface area contributed by atoms with E-state index in [4.69, 9.17) is 43.4 Å². The number of amides is 2. The molecular formula is C76H74BrN2NaO16S. The van der Waals surface area contributed by atoms with E-state index >= 15 is 0 Å². The first-order chi connectivity index (χ1) is 46.5. The predicted octanol–water partition coefficient (Wildman–Crippen LogP) is 10.8. The molecule has 18 nitrogen and oxygen atoms in total. The summed E-state index contributed by atoms with van der Waals surface area (Å²) in [6, 6.07) is 75.7. The molecule has 0 radical (unpaired) electrons. The van der Waals surface area contributed by atoms with Gasteiger partial charge in [0.15, 0.2) is 0 Å². The second-order valence-corrected chi connectivity index (χ2v) is 22.7. The number of hydrogen-bond acceptors (Lipinski definition) is 16. The molecule has 0 aromatic heterocycles. The summed E-state index contributed by atoms with van der Waals surface area (Å²) in [4.78, 5) is 71.1. The first-order valence-electron chi connectivity index (χ1n) is 30.3. The van der Waals surface area contributed by atoms with Crippen molar-refractivity contribution in [2.24, 2.45) is 0 Å². The maximum atomic E-state index is 12.5. The smallest absolute Gasteiger partial charge is 0.662 e. The quantitative estimate of drug-likeness (QED) is 0.00654. The van der Waals surface area contributed by atoms with E-state index in [1.807, 2.05) is 188 Å². The van der Waals surface area contributed by atoms with Gasteiger partial charge in [-0.1, -0.05) is 260 Å². The SMILES string of the molecule is BrCc1ccccc1.C.O=C(NC(CCO)C(=O)O)OCC1c2ccccc2-c2ccccc21.O=C(NC(CCO)C(=O)OCc1ccccc1)OCC1c2ccccc2-c2ccccc21.O=C(OCC1c2ccccc2-c2ccccc21)SOCc1ccccc1.O=CO[O-].[Na+]. The van der Waals surface area contributed by atoms with Crippen LogP contribution in [0.5, 0.6) is 0 Å². The number of aliphatic carboxylic acids is 1.